The van der Waals surface area contributed by atoms with E-state index in [2.05, 4.69) is 16.3 Å². The Labute approximate surface area is 127 Å². The lowest BCUT2D eigenvalue weighted by molar-refractivity contribution is -0.00461. The first-order valence-corrected chi connectivity index (χ1v) is 7.31. The van der Waals surface area contributed by atoms with Gasteiger partial charge in [0.25, 0.3) is 0 Å². The van der Waals surface area contributed by atoms with Crippen molar-refractivity contribution in [2.45, 2.75) is 18.2 Å². The highest BCUT2D eigenvalue weighted by Gasteiger charge is 2.34. The summed E-state index contributed by atoms with van der Waals surface area (Å²) in [5.41, 5.74) is 1.18. The number of ether oxygens (including phenoxy) is 3. The number of likely N-dealkylation sites (tertiary alicyclic amines) is 1. The standard InChI is InChI=1S/C16H26N2O3/c1-17-13(12-7-5-6-8-14(12)19-2)9-18-10-15(20-3)16(11-18)21-4/h5-8,13,15-17H,9-11H2,1-4H3. The Bertz CT molecular complexity index is 429. The van der Waals surface area contributed by atoms with Crippen LogP contribution in [0.1, 0.15) is 11.6 Å². The molecular formula is C16H26N2O3. The predicted octanol–water partition coefficient (Wildman–Crippen LogP) is 1.30. The third kappa shape index (κ3) is 3.74. The molecule has 0 spiro atoms. The van der Waals surface area contributed by atoms with Gasteiger partial charge in [-0.05, 0) is 13.1 Å². The van der Waals surface area contributed by atoms with Crippen molar-refractivity contribution < 1.29 is 14.2 Å². The number of para-hydroxylation sites is 1. The van der Waals surface area contributed by atoms with E-state index in [0.717, 1.165) is 25.4 Å². The Morgan fingerprint density at radius 2 is 1.76 bits per heavy atom. The molecule has 5 nitrogen and oxygen atoms in total. The Balaban J connectivity index is 2.06. The van der Waals surface area contributed by atoms with Gasteiger partial charge in [-0.2, -0.15) is 0 Å². The maximum absolute atomic E-state index is 5.50. The zero-order valence-electron chi connectivity index (χ0n) is 13.3. The number of benzene rings is 1. The molecule has 0 bridgehead atoms. The summed E-state index contributed by atoms with van der Waals surface area (Å²) in [5.74, 6) is 0.919. The largest absolute Gasteiger partial charge is 0.496 e. The van der Waals surface area contributed by atoms with Gasteiger partial charge < -0.3 is 19.5 Å². The quantitative estimate of drug-likeness (QED) is 0.821. The Morgan fingerprint density at radius 1 is 1.14 bits per heavy atom. The van der Waals surface area contributed by atoms with Crippen molar-refractivity contribution in [2.24, 2.45) is 0 Å². The van der Waals surface area contributed by atoms with Crippen LogP contribution in [0.25, 0.3) is 0 Å². The van der Waals surface area contributed by atoms with E-state index in [9.17, 15) is 0 Å². The first-order chi connectivity index (χ1) is 10.2. The molecule has 1 aliphatic heterocycles. The molecule has 0 amide bonds. The normalized spacial score (nSPS) is 24.2. The fourth-order valence-corrected chi connectivity index (χ4v) is 2.98. The molecule has 1 aliphatic rings. The number of hydrogen-bond acceptors (Lipinski definition) is 5. The van der Waals surface area contributed by atoms with Crippen LogP contribution in [0.3, 0.4) is 0 Å². The third-order valence-corrected chi connectivity index (χ3v) is 4.20. The molecule has 0 radical (unpaired) electrons. The van der Waals surface area contributed by atoms with E-state index in [-0.39, 0.29) is 18.2 Å². The van der Waals surface area contributed by atoms with Gasteiger partial charge in [0.05, 0.1) is 19.3 Å². The van der Waals surface area contributed by atoms with Crippen LogP contribution in [0.4, 0.5) is 0 Å². The van der Waals surface area contributed by atoms with E-state index in [4.69, 9.17) is 14.2 Å². The van der Waals surface area contributed by atoms with Crippen LogP contribution in [0.15, 0.2) is 24.3 Å². The summed E-state index contributed by atoms with van der Waals surface area (Å²) in [4.78, 5) is 2.37. The van der Waals surface area contributed by atoms with Gasteiger partial charge in [0.2, 0.25) is 0 Å². The lowest BCUT2D eigenvalue weighted by Crippen LogP contribution is -2.33. The number of nitrogens with zero attached hydrogens (tertiary/aromatic N) is 1. The van der Waals surface area contributed by atoms with E-state index >= 15 is 0 Å². The van der Waals surface area contributed by atoms with E-state index in [1.165, 1.54) is 5.56 Å². The smallest absolute Gasteiger partial charge is 0.123 e. The average molecular weight is 294 g/mol. The fraction of sp³-hybridized carbons (Fsp3) is 0.625. The Morgan fingerprint density at radius 3 is 2.29 bits per heavy atom. The highest BCUT2D eigenvalue weighted by molar-refractivity contribution is 5.36. The highest BCUT2D eigenvalue weighted by atomic mass is 16.5. The third-order valence-electron chi connectivity index (χ3n) is 4.20. The summed E-state index contributed by atoms with van der Waals surface area (Å²) in [6.45, 7) is 2.68. The molecule has 2 rings (SSSR count). The topological polar surface area (TPSA) is 43.0 Å². The first kappa shape index (κ1) is 16.2. The number of nitrogens with one attached hydrogen (secondary N) is 1. The molecule has 1 heterocycles. The van der Waals surface area contributed by atoms with Crippen molar-refractivity contribution in [3.8, 4) is 5.75 Å². The summed E-state index contributed by atoms with van der Waals surface area (Å²) in [6.07, 6.45) is 0.287. The minimum atomic E-state index is 0.144. The summed E-state index contributed by atoms with van der Waals surface area (Å²) >= 11 is 0. The van der Waals surface area contributed by atoms with E-state index < -0.39 is 0 Å². The fourth-order valence-electron chi connectivity index (χ4n) is 2.98. The molecule has 0 saturated carbocycles. The molecule has 0 aromatic heterocycles. The van der Waals surface area contributed by atoms with Crippen LogP contribution in [-0.4, -0.2) is 65.1 Å². The van der Waals surface area contributed by atoms with Crippen LogP contribution < -0.4 is 10.1 Å². The molecule has 118 valence electrons. The van der Waals surface area contributed by atoms with Crippen molar-refractivity contribution >= 4 is 0 Å². The number of rotatable bonds is 7. The molecule has 5 heteroatoms. The number of methoxy groups -OCH3 is 3. The maximum Gasteiger partial charge on any atom is 0.123 e. The molecule has 1 N–H and O–H groups in total. The average Bonchev–Trinajstić information content (AvgIpc) is 2.94. The molecule has 21 heavy (non-hydrogen) atoms. The second-order valence-electron chi connectivity index (χ2n) is 5.35. The van der Waals surface area contributed by atoms with Crippen molar-refractivity contribution in [2.75, 3.05) is 48.0 Å². The van der Waals surface area contributed by atoms with Gasteiger partial charge in [-0.25, -0.2) is 0 Å². The van der Waals surface area contributed by atoms with Crippen molar-refractivity contribution in [1.29, 1.82) is 0 Å². The van der Waals surface area contributed by atoms with Gasteiger partial charge in [0.1, 0.15) is 5.75 Å². The minimum Gasteiger partial charge on any atom is -0.496 e. The van der Waals surface area contributed by atoms with Crippen LogP contribution in [0.5, 0.6) is 5.75 Å². The van der Waals surface area contributed by atoms with Crippen molar-refractivity contribution in [1.82, 2.24) is 10.2 Å². The SMILES string of the molecule is CNC(CN1CC(OC)C(OC)C1)c1ccccc1OC. The Hall–Kier alpha value is -1.14. The predicted molar refractivity (Wildman–Crippen MR) is 82.8 cm³/mol. The Kier molecular flexibility index (Phi) is 5.99. The van der Waals surface area contributed by atoms with Gasteiger partial charge in [-0.15, -0.1) is 0 Å². The second kappa shape index (κ2) is 7.75. The van der Waals surface area contributed by atoms with E-state index in [0.29, 0.717) is 0 Å². The van der Waals surface area contributed by atoms with Crippen LogP contribution in [0.2, 0.25) is 0 Å². The monoisotopic (exact) mass is 294 g/mol. The molecule has 3 atom stereocenters. The zero-order valence-corrected chi connectivity index (χ0v) is 13.3. The molecule has 0 aliphatic carbocycles. The highest BCUT2D eigenvalue weighted by Crippen LogP contribution is 2.27. The van der Waals surface area contributed by atoms with Gasteiger partial charge in [0, 0.05) is 45.5 Å². The number of likely N-dealkylation sites (N-methyl/N-ethyl adjacent to an activating group) is 1. The van der Waals surface area contributed by atoms with Crippen molar-refractivity contribution in [3.05, 3.63) is 29.8 Å². The molecule has 3 unspecified atom stereocenters. The summed E-state index contributed by atoms with van der Waals surface area (Å²) in [7, 11) is 7.18. The van der Waals surface area contributed by atoms with Gasteiger partial charge in [-0.3, -0.25) is 4.90 Å². The van der Waals surface area contributed by atoms with E-state index in [1.54, 1.807) is 21.3 Å². The molecule has 1 aromatic carbocycles. The summed E-state index contributed by atoms with van der Waals surface area (Å²) < 4.78 is 16.5. The van der Waals surface area contributed by atoms with Crippen molar-refractivity contribution in [3.63, 3.8) is 0 Å². The zero-order chi connectivity index (χ0) is 15.2. The van der Waals surface area contributed by atoms with Crippen LogP contribution in [0, 0.1) is 0 Å². The number of hydrogen-bond donors (Lipinski definition) is 1. The van der Waals surface area contributed by atoms with Gasteiger partial charge in [0.15, 0.2) is 0 Å². The van der Waals surface area contributed by atoms with Gasteiger partial charge in [-0.1, -0.05) is 18.2 Å². The minimum absolute atomic E-state index is 0.144. The van der Waals surface area contributed by atoms with Crippen LogP contribution >= 0.6 is 0 Å². The van der Waals surface area contributed by atoms with Gasteiger partial charge >= 0.3 is 0 Å². The molecule has 1 aromatic rings. The molecular weight excluding hydrogens is 268 g/mol. The maximum atomic E-state index is 5.50. The second-order valence-corrected chi connectivity index (χ2v) is 5.35. The first-order valence-electron chi connectivity index (χ1n) is 7.31. The lowest BCUT2D eigenvalue weighted by Gasteiger charge is -2.25. The molecule has 1 saturated heterocycles. The van der Waals surface area contributed by atoms with E-state index in [1.807, 2.05) is 25.2 Å². The summed E-state index contributed by atoms with van der Waals surface area (Å²) in [5, 5.41) is 3.38. The lowest BCUT2D eigenvalue weighted by atomic mass is 10.1. The van der Waals surface area contributed by atoms with Crippen LogP contribution in [-0.2, 0) is 9.47 Å². The molecule has 1 fully saturated rings. The summed E-state index contributed by atoms with van der Waals surface area (Å²) in [6, 6.07) is 8.36.